The van der Waals surface area contributed by atoms with Gasteiger partial charge in [-0.2, -0.15) is 0 Å². The average Bonchev–Trinajstić information content (AvgIpc) is 2.88. The molecule has 10 heteroatoms. The number of benzene rings is 3. The summed E-state index contributed by atoms with van der Waals surface area (Å²) in [5.74, 6) is -0.944. The Kier molecular flexibility index (Phi) is 9.23. The van der Waals surface area contributed by atoms with Crippen molar-refractivity contribution in [2.45, 2.75) is 38.3 Å². The molecule has 3 aromatic carbocycles. The fourth-order valence-corrected chi connectivity index (χ4v) is 5.66. The molecule has 7 nitrogen and oxygen atoms in total. The summed E-state index contributed by atoms with van der Waals surface area (Å²) in [4.78, 5) is 27.7. The molecule has 1 unspecified atom stereocenters. The van der Waals surface area contributed by atoms with Crippen molar-refractivity contribution in [1.82, 2.24) is 10.2 Å². The van der Waals surface area contributed by atoms with Gasteiger partial charge in [-0.3, -0.25) is 13.9 Å². The third-order valence-corrected chi connectivity index (χ3v) is 8.51. The zero-order valence-electron chi connectivity index (χ0n) is 21.0. The van der Waals surface area contributed by atoms with E-state index in [2.05, 4.69) is 5.32 Å². The second kappa shape index (κ2) is 12.0. The van der Waals surface area contributed by atoms with Crippen molar-refractivity contribution in [1.29, 1.82) is 0 Å². The van der Waals surface area contributed by atoms with Gasteiger partial charge in [-0.1, -0.05) is 59.6 Å². The molecule has 0 radical (unpaired) electrons. The Morgan fingerprint density at radius 2 is 1.62 bits per heavy atom. The lowest BCUT2D eigenvalue weighted by molar-refractivity contribution is -0.139. The topological polar surface area (TPSA) is 86.8 Å². The van der Waals surface area contributed by atoms with Crippen molar-refractivity contribution in [3.8, 4) is 0 Å². The van der Waals surface area contributed by atoms with Crippen molar-refractivity contribution >= 4 is 50.7 Å². The first-order valence-corrected chi connectivity index (χ1v) is 13.7. The van der Waals surface area contributed by atoms with Crippen LogP contribution in [-0.4, -0.2) is 44.8 Å². The minimum atomic E-state index is -4.11. The van der Waals surface area contributed by atoms with E-state index in [9.17, 15) is 18.0 Å². The zero-order valence-corrected chi connectivity index (χ0v) is 23.4. The van der Waals surface area contributed by atoms with E-state index in [0.29, 0.717) is 26.9 Å². The summed E-state index contributed by atoms with van der Waals surface area (Å²) in [7, 11) is -2.64. The molecule has 3 rings (SSSR count). The highest BCUT2D eigenvalue weighted by molar-refractivity contribution is 7.92. The summed E-state index contributed by atoms with van der Waals surface area (Å²) in [6, 6.07) is 17.4. The molecule has 196 valence electrons. The molecule has 0 fully saturated rings. The molecule has 0 aromatic heterocycles. The number of likely N-dealkylation sites (N-methyl/N-ethyl adjacent to an activating group) is 1. The number of hydrogen-bond acceptors (Lipinski definition) is 4. The Morgan fingerprint density at radius 3 is 2.24 bits per heavy atom. The fourth-order valence-electron chi connectivity index (χ4n) is 3.85. The van der Waals surface area contributed by atoms with Gasteiger partial charge >= 0.3 is 0 Å². The van der Waals surface area contributed by atoms with Crippen LogP contribution >= 0.6 is 23.2 Å². The predicted octanol–water partition coefficient (Wildman–Crippen LogP) is 4.97. The van der Waals surface area contributed by atoms with Gasteiger partial charge < -0.3 is 10.2 Å². The number of nitrogens with zero attached hydrogens (tertiary/aromatic N) is 2. The second-order valence-corrected chi connectivity index (χ2v) is 11.4. The lowest BCUT2D eigenvalue weighted by atomic mass is 10.1. The highest BCUT2D eigenvalue weighted by Crippen LogP contribution is 2.29. The number of amides is 2. The monoisotopic (exact) mass is 561 g/mol. The molecular formula is C27H29Cl2N3O4S. The van der Waals surface area contributed by atoms with Gasteiger partial charge in [-0.05, 0) is 67.8 Å². The summed E-state index contributed by atoms with van der Waals surface area (Å²) in [5, 5.41) is 3.22. The van der Waals surface area contributed by atoms with Crippen LogP contribution in [0.25, 0.3) is 0 Å². The van der Waals surface area contributed by atoms with E-state index in [-0.39, 0.29) is 11.4 Å². The molecule has 1 atom stereocenters. The summed E-state index contributed by atoms with van der Waals surface area (Å²) < 4.78 is 28.7. The van der Waals surface area contributed by atoms with Gasteiger partial charge in [0.25, 0.3) is 10.0 Å². The van der Waals surface area contributed by atoms with E-state index in [1.807, 2.05) is 19.1 Å². The van der Waals surface area contributed by atoms with E-state index in [1.54, 1.807) is 56.3 Å². The Bertz CT molecular complexity index is 1400. The number of sulfonamides is 1. The smallest absolute Gasteiger partial charge is 0.264 e. The molecule has 0 bridgehead atoms. The van der Waals surface area contributed by atoms with Crippen molar-refractivity contribution in [3.63, 3.8) is 0 Å². The normalized spacial score (nSPS) is 12.1. The molecule has 0 heterocycles. The maximum Gasteiger partial charge on any atom is 0.264 e. The van der Waals surface area contributed by atoms with Crippen molar-refractivity contribution in [2.75, 3.05) is 17.9 Å². The van der Waals surface area contributed by atoms with Crippen LogP contribution in [-0.2, 0) is 26.2 Å². The Labute approximate surface area is 228 Å². The van der Waals surface area contributed by atoms with Crippen LogP contribution in [0.15, 0.2) is 71.6 Å². The van der Waals surface area contributed by atoms with Gasteiger partial charge in [-0.25, -0.2) is 8.42 Å². The SMILES string of the molecule is CNC(=O)C(C)N(Cc1ccc(Cl)c(Cl)c1)C(=O)CN(c1cc(C)ccc1C)S(=O)(=O)c1ccccc1. The van der Waals surface area contributed by atoms with Crippen LogP contribution in [0.3, 0.4) is 0 Å². The lowest BCUT2D eigenvalue weighted by Crippen LogP contribution is -2.50. The van der Waals surface area contributed by atoms with Gasteiger partial charge in [0.1, 0.15) is 12.6 Å². The van der Waals surface area contributed by atoms with Gasteiger partial charge in [0.15, 0.2) is 0 Å². The Balaban J connectivity index is 2.07. The Morgan fingerprint density at radius 1 is 0.946 bits per heavy atom. The first kappa shape index (κ1) is 28.5. The number of anilines is 1. The van der Waals surface area contributed by atoms with Crippen molar-refractivity contribution in [3.05, 3.63) is 93.5 Å². The molecule has 0 aliphatic heterocycles. The molecule has 0 saturated heterocycles. The fraction of sp³-hybridized carbons (Fsp3) is 0.259. The molecule has 0 aliphatic carbocycles. The number of halogens is 2. The first-order chi connectivity index (χ1) is 17.4. The van der Waals surface area contributed by atoms with Crippen LogP contribution in [0.4, 0.5) is 5.69 Å². The van der Waals surface area contributed by atoms with Gasteiger partial charge in [0.2, 0.25) is 11.8 Å². The van der Waals surface area contributed by atoms with Gasteiger partial charge in [0, 0.05) is 13.6 Å². The van der Waals surface area contributed by atoms with Crippen molar-refractivity contribution < 1.29 is 18.0 Å². The number of nitrogens with one attached hydrogen (secondary N) is 1. The number of hydrogen-bond donors (Lipinski definition) is 1. The van der Waals surface area contributed by atoms with Gasteiger partial charge in [-0.15, -0.1) is 0 Å². The van der Waals surface area contributed by atoms with Gasteiger partial charge in [0.05, 0.1) is 20.6 Å². The van der Waals surface area contributed by atoms with E-state index in [0.717, 1.165) is 9.87 Å². The summed E-state index contributed by atoms with van der Waals surface area (Å²) in [6.45, 7) is 4.73. The third kappa shape index (κ3) is 6.63. The molecule has 0 saturated carbocycles. The second-order valence-electron chi connectivity index (χ2n) is 8.67. The number of carbonyl (C=O) groups excluding carboxylic acids is 2. The maximum absolute atomic E-state index is 13.8. The zero-order chi connectivity index (χ0) is 27.3. The van der Waals surface area contributed by atoms with E-state index >= 15 is 0 Å². The predicted molar refractivity (Wildman–Crippen MR) is 147 cm³/mol. The molecule has 0 aliphatic rings. The molecule has 1 N–H and O–H groups in total. The molecular weight excluding hydrogens is 533 g/mol. The molecule has 3 aromatic rings. The molecule has 0 spiro atoms. The summed E-state index contributed by atoms with van der Waals surface area (Å²) in [6.07, 6.45) is 0. The van der Waals surface area contributed by atoms with Crippen molar-refractivity contribution in [2.24, 2.45) is 0 Å². The van der Waals surface area contributed by atoms with Crippen LogP contribution < -0.4 is 9.62 Å². The maximum atomic E-state index is 13.8. The van der Waals surface area contributed by atoms with E-state index < -0.39 is 34.4 Å². The first-order valence-electron chi connectivity index (χ1n) is 11.6. The van der Waals surface area contributed by atoms with Crippen LogP contribution in [0.5, 0.6) is 0 Å². The largest absolute Gasteiger partial charge is 0.357 e. The number of rotatable bonds is 9. The summed E-state index contributed by atoms with van der Waals surface area (Å²) in [5.41, 5.74) is 2.56. The van der Waals surface area contributed by atoms with E-state index in [1.165, 1.54) is 24.1 Å². The minimum absolute atomic E-state index is 0.0241. The minimum Gasteiger partial charge on any atom is -0.357 e. The van der Waals surface area contributed by atoms with Crippen LogP contribution in [0.2, 0.25) is 10.0 Å². The Hall–Kier alpha value is -3.07. The van der Waals surface area contributed by atoms with E-state index in [4.69, 9.17) is 23.2 Å². The molecule has 37 heavy (non-hydrogen) atoms. The standard InChI is InChI=1S/C27H29Cl2N3O4S/c1-18-10-11-19(2)25(14-18)32(37(35,36)22-8-6-5-7-9-22)17-26(33)31(20(3)27(34)30-4)16-21-12-13-23(28)24(29)15-21/h5-15,20H,16-17H2,1-4H3,(H,30,34). The third-order valence-electron chi connectivity index (χ3n) is 5.99. The quantitative estimate of drug-likeness (QED) is 0.399. The highest BCUT2D eigenvalue weighted by Gasteiger charge is 2.33. The highest BCUT2D eigenvalue weighted by atomic mass is 35.5. The number of carbonyl (C=O) groups is 2. The number of aryl methyl sites for hydroxylation is 2. The summed E-state index contributed by atoms with van der Waals surface area (Å²) >= 11 is 12.2. The molecule has 2 amide bonds. The average molecular weight is 563 g/mol. The van der Waals surface area contributed by atoms with Crippen LogP contribution in [0.1, 0.15) is 23.6 Å². The van der Waals surface area contributed by atoms with Crippen LogP contribution in [0, 0.1) is 13.8 Å². The lowest BCUT2D eigenvalue weighted by Gasteiger charge is -2.32.